The number of sulfonamides is 1. The van der Waals surface area contributed by atoms with Crippen molar-refractivity contribution in [3.8, 4) is 0 Å². The van der Waals surface area contributed by atoms with Crippen LogP contribution >= 0.6 is 11.6 Å². The number of hydrogen-bond acceptors (Lipinski definition) is 4. The molecule has 2 heterocycles. The topological polar surface area (TPSA) is 84.3 Å². The number of carbonyl (C=O) groups excluding carboxylic acids is 1. The number of piperidine rings is 1. The largest absolute Gasteiger partial charge is 0.322 e. The molecule has 1 fully saturated rings. The molecule has 1 N–H and O–H groups in total. The van der Waals surface area contributed by atoms with E-state index >= 15 is 0 Å². The number of benzene rings is 2. The van der Waals surface area contributed by atoms with Gasteiger partial charge in [0.05, 0.1) is 11.6 Å². The molecule has 1 amide bonds. The van der Waals surface area contributed by atoms with Crippen LogP contribution in [0.3, 0.4) is 0 Å². The van der Waals surface area contributed by atoms with Crippen molar-refractivity contribution in [1.29, 1.82) is 0 Å². The van der Waals surface area contributed by atoms with Crippen LogP contribution in [0.2, 0.25) is 5.02 Å². The van der Waals surface area contributed by atoms with E-state index in [1.54, 1.807) is 16.9 Å². The van der Waals surface area contributed by atoms with Gasteiger partial charge in [-0.3, -0.25) is 9.48 Å². The van der Waals surface area contributed by atoms with E-state index in [2.05, 4.69) is 10.4 Å². The highest BCUT2D eigenvalue weighted by Crippen LogP contribution is 2.28. The average Bonchev–Trinajstić information content (AvgIpc) is 3.29. The first-order valence-electron chi connectivity index (χ1n) is 10.1. The zero-order valence-electron chi connectivity index (χ0n) is 16.9. The van der Waals surface area contributed by atoms with Gasteiger partial charge in [0.15, 0.2) is 0 Å². The molecular formula is C22H23ClN4O3S. The molecule has 0 aliphatic carbocycles. The van der Waals surface area contributed by atoms with Gasteiger partial charge < -0.3 is 5.32 Å². The van der Waals surface area contributed by atoms with Gasteiger partial charge in [0, 0.05) is 36.7 Å². The Labute approximate surface area is 186 Å². The molecule has 1 saturated heterocycles. The number of nitrogens with zero attached hydrogens (tertiary/aromatic N) is 3. The fourth-order valence-corrected chi connectivity index (χ4v) is 5.65. The number of anilines is 1. The summed E-state index contributed by atoms with van der Waals surface area (Å²) in [7, 11) is -3.75. The molecule has 9 heteroatoms. The quantitative estimate of drug-likeness (QED) is 0.604. The van der Waals surface area contributed by atoms with E-state index in [4.69, 9.17) is 11.6 Å². The summed E-state index contributed by atoms with van der Waals surface area (Å²) in [5, 5.41) is 7.20. The minimum Gasteiger partial charge on any atom is -0.322 e. The average molecular weight is 459 g/mol. The van der Waals surface area contributed by atoms with Gasteiger partial charge in [-0.2, -0.15) is 9.40 Å². The van der Waals surface area contributed by atoms with Gasteiger partial charge in [-0.05, 0) is 48.7 Å². The number of nitrogens with one attached hydrogen (secondary N) is 1. The Morgan fingerprint density at radius 2 is 1.84 bits per heavy atom. The zero-order chi connectivity index (χ0) is 21.8. The van der Waals surface area contributed by atoms with Crippen molar-refractivity contribution in [1.82, 2.24) is 14.1 Å². The normalized spacial score (nSPS) is 15.0. The molecule has 0 saturated carbocycles. The molecule has 0 unspecified atom stereocenters. The molecule has 0 bridgehead atoms. The maximum Gasteiger partial charge on any atom is 0.255 e. The Balaban J connectivity index is 1.58. The van der Waals surface area contributed by atoms with Crippen LogP contribution < -0.4 is 5.32 Å². The smallest absolute Gasteiger partial charge is 0.255 e. The van der Waals surface area contributed by atoms with Crippen LogP contribution in [0.5, 0.6) is 0 Å². The molecule has 1 aliphatic heterocycles. The number of aromatic nitrogens is 2. The van der Waals surface area contributed by atoms with Crippen molar-refractivity contribution in [2.75, 3.05) is 18.4 Å². The van der Waals surface area contributed by atoms with E-state index in [0.717, 1.165) is 24.8 Å². The van der Waals surface area contributed by atoms with E-state index in [0.29, 0.717) is 25.3 Å². The molecule has 0 atom stereocenters. The lowest BCUT2D eigenvalue weighted by Crippen LogP contribution is -2.35. The van der Waals surface area contributed by atoms with E-state index in [1.165, 1.54) is 22.5 Å². The molecule has 31 heavy (non-hydrogen) atoms. The molecule has 1 aliphatic rings. The van der Waals surface area contributed by atoms with E-state index in [9.17, 15) is 13.2 Å². The molecule has 3 aromatic rings. The number of para-hydroxylation sites is 1. The van der Waals surface area contributed by atoms with Crippen LogP contribution in [0.1, 0.15) is 35.2 Å². The van der Waals surface area contributed by atoms with Gasteiger partial charge in [0.2, 0.25) is 10.0 Å². The van der Waals surface area contributed by atoms with Gasteiger partial charge in [0.1, 0.15) is 4.90 Å². The van der Waals surface area contributed by atoms with Crippen molar-refractivity contribution < 1.29 is 13.2 Å². The first-order chi connectivity index (χ1) is 14.9. The number of carbonyl (C=O) groups is 1. The standard InChI is InChI=1S/C22H23ClN4O3S/c23-19-10-9-17(15-21(19)31(29,30)27-13-4-1-5-14-27)22(28)25-20-8-3-2-7-18(20)16-26-12-6-11-24-26/h2-3,6-12,15H,1,4-5,13-14,16H2,(H,25,28). The molecule has 0 spiro atoms. The maximum atomic E-state index is 13.1. The summed E-state index contributed by atoms with van der Waals surface area (Å²) in [6, 6.07) is 13.6. The Hall–Kier alpha value is -2.68. The Kier molecular flexibility index (Phi) is 6.41. The van der Waals surface area contributed by atoms with Crippen LogP contribution in [0.15, 0.2) is 65.8 Å². The maximum absolute atomic E-state index is 13.1. The van der Waals surface area contributed by atoms with Gasteiger partial charge in [0.25, 0.3) is 5.91 Å². The summed E-state index contributed by atoms with van der Waals surface area (Å²) in [6.07, 6.45) is 6.20. The summed E-state index contributed by atoms with van der Waals surface area (Å²) < 4.78 is 29.3. The third-order valence-corrected chi connectivity index (χ3v) is 7.66. The van der Waals surface area contributed by atoms with E-state index in [1.807, 2.05) is 30.5 Å². The van der Waals surface area contributed by atoms with Crippen molar-refractivity contribution in [2.45, 2.75) is 30.7 Å². The first-order valence-corrected chi connectivity index (χ1v) is 11.9. The van der Waals surface area contributed by atoms with Gasteiger partial charge in [-0.1, -0.05) is 36.2 Å². The second-order valence-electron chi connectivity index (χ2n) is 7.42. The zero-order valence-corrected chi connectivity index (χ0v) is 18.4. The second-order valence-corrected chi connectivity index (χ2v) is 9.74. The van der Waals surface area contributed by atoms with Crippen molar-refractivity contribution in [3.63, 3.8) is 0 Å². The third kappa shape index (κ3) is 4.81. The third-order valence-electron chi connectivity index (χ3n) is 5.28. The highest BCUT2D eigenvalue weighted by molar-refractivity contribution is 7.89. The van der Waals surface area contributed by atoms with Crippen LogP contribution in [0.25, 0.3) is 0 Å². The van der Waals surface area contributed by atoms with Crippen LogP contribution in [-0.4, -0.2) is 41.5 Å². The Morgan fingerprint density at radius 1 is 1.06 bits per heavy atom. The molecule has 2 aromatic carbocycles. The van der Waals surface area contributed by atoms with Crippen molar-refractivity contribution in [3.05, 3.63) is 77.1 Å². The summed E-state index contributed by atoms with van der Waals surface area (Å²) >= 11 is 6.22. The van der Waals surface area contributed by atoms with Gasteiger partial charge in [-0.15, -0.1) is 0 Å². The Morgan fingerprint density at radius 3 is 2.58 bits per heavy atom. The predicted molar refractivity (Wildman–Crippen MR) is 120 cm³/mol. The lowest BCUT2D eigenvalue weighted by atomic mass is 10.1. The molecule has 4 rings (SSSR count). The minimum absolute atomic E-state index is 0.0338. The van der Waals surface area contributed by atoms with E-state index < -0.39 is 15.9 Å². The van der Waals surface area contributed by atoms with Crippen LogP contribution in [0, 0.1) is 0 Å². The number of rotatable bonds is 6. The van der Waals surface area contributed by atoms with Crippen molar-refractivity contribution in [2.24, 2.45) is 0 Å². The Bertz CT molecular complexity index is 1170. The number of hydrogen-bond donors (Lipinski definition) is 1. The summed E-state index contributed by atoms with van der Waals surface area (Å²) in [4.78, 5) is 12.9. The fraction of sp³-hybridized carbons (Fsp3) is 0.273. The predicted octanol–water partition coefficient (Wildman–Crippen LogP) is 4.01. The lowest BCUT2D eigenvalue weighted by Gasteiger charge is -2.26. The number of amides is 1. The minimum atomic E-state index is -3.75. The van der Waals surface area contributed by atoms with Crippen molar-refractivity contribution >= 4 is 33.2 Å². The van der Waals surface area contributed by atoms with Gasteiger partial charge >= 0.3 is 0 Å². The molecular weight excluding hydrogens is 436 g/mol. The summed E-state index contributed by atoms with van der Waals surface area (Å²) in [5.41, 5.74) is 1.75. The SMILES string of the molecule is O=C(Nc1ccccc1Cn1cccn1)c1ccc(Cl)c(S(=O)(=O)N2CCCCC2)c1. The fourth-order valence-electron chi connectivity index (χ4n) is 3.63. The summed E-state index contributed by atoms with van der Waals surface area (Å²) in [5.74, 6) is -0.403. The van der Waals surface area contributed by atoms with Gasteiger partial charge in [-0.25, -0.2) is 8.42 Å². The van der Waals surface area contributed by atoms with E-state index in [-0.39, 0.29) is 15.5 Å². The van der Waals surface area contributed by atoms with Crippen LogP contribution in [-0.2, 0) is 16.6 Å². The molecule has 162 valence electrons. The second kappa shape index (κ2) is 9.21. The van der Waals surface area contributed by atoms with Crippen LogP contribution in [0.4, 0.5) is 5.69 Å². The monoisotopic (exact) mass is 458 g/mol. The first kappa shape index (κ1) is 21.5. The number of halogens is 1. The molecule has 7 nitrogen and oxygen atoms in total. The summed E-state index contributed by atoms with van der Waals surface area (Å²) in [6.45, 7) is 1.43. The highest BCUT2D eigenvalue weighted by Gasteiger charge is 2.28. The lowest BCUT2D eigenvalue weighted by molar-refractivity contribution is 0.102. The molecule has 0 radical (unpaired) electrons. The molecule has 1 aromatic heterocycles. The highest BCUT2D eigenvalue weighted by atomic mass is 35.5.